The third-order valence-corrected chi connectivity index (χ3v) is 2.24. The van der Waals surface area contributed by atoms with E-state index >= 15 is 0 Å². The molecular formula is C11H16O5. The van der Waals surface area contributed by atoms with Crippen molar-refractivity contribution in [2.24, 2.45) is 0 Å². The van der Waals surface area contributed by atoms with Gasteiger partial charge in [0.2, 0.25) is 0 Å². The molecule has 5 heteroatoms. The first-order valence-electron chi connectivity index (χ1n) is 4.69. The molecule has 0 saturated carbocycles. The van der Waals surface area contributed by atoms with Crippen molar-refractivity contribution in [1.29, 1.82) is 0 Å². The van der Waals surface area contributed by atoms with Crippen LogP contribution in [0.2, 0.25) is 0 Å². The minimum atomic E-state index is -0.704. The van der Waals surface area contributed by atoms with E-state index in [-0.39, 0.29) is 5.75 Å². The maximum Gasteiger partial charge on any atom is 0.190 e. The molecule has 0 radical (unpaired) electrons. The minimum Gasteiger partial charge on any atom is -0.504 e. The van der Waals surface area contributed by atoms with Crippen molar-refractivity contribution in [2.75, 3.05) is 28.4 Å². The number of benzene rings is 1. The molecule has 5 nitrogen and oxygen atoms in total. The Labute approximate surface area is 94.5 Å². The van der Waals surface area contributed by atoms with Gasteiger partial charge in [0.15, 0.2) is 17.8 Å². The number of rotatable bonds is 5. The SMILES string of the molecule is COc1ccc(OC)c(C(OC)OC)c1O. The summed E-state index contributed by atoms with van der Waals surface area (Å²) in [6.07, 6.45) is -0.704. The van der Waals surface area contributed by atoms with Crippen LogP contribution in [0.5, 0.6) is 17.2 Å². The summed E-state index contributed by atoms with van der Waals surface area (Å²) in [5.41, 5.74) is 0.409. The van der Waals surface area contributed by atoms with Crippen LogP contribution in [0.4, 0.5) is 0 Å². The molecule has 0 bridgehead atoms. The first kappa shape index (κ1) is 12.6. The van der Waals surface area contributed by atoms with Crippen molar-refractivity contribution in [3.05, 3.63) is 17.7 Å². The van der Waals surface area contributed by atoms with E-state index in [1.807, 2.05) is 0 Å². The van der Waals surface area contributed by atoms with Gasteiger partial charge in [-0.05, 0) is 12.1 Å². The van der Waals surface area contributed by atoms with E-state index in [2.05, 4.69) is 0 Å². The molecule has 0 aliphatic rings. The lowest BCUT2D eigenvalue weighted by Crippen LogP contribution is -2.06. The monoisotopic (exact) mass is 228 g/mol. The van der Waals surface area contributed by atoms with Gasteiger partial charge in [0.1, 0.15) is 5.75 Å². The van der Waals surface area contributed by atoms with E-state index in [9.17, 15) is 5.11 Å². The van der Waals surface area contributed by atoms with Crippen LogP contribution in [-0.4, -0.2) is 33.5 Å². The van der Waals surface area contributed by atoms with Crippen LogP contribution in [0.3, 0.4) is 0 Å². The van der Waals surface area contributed by atoms with Crippen molar-refractivity contribution < 1.29 is 24.1 Å². The molecule has 0 aliphatic heterocycles. The van der Waals surface area contributed by atoms with Gasteiger partial charge in [-0.2, -0.15) is 0 Å². The lowest BCUT2D eigenvalue weighted by molar-refractivity contribution is -0.108. The van der Waals surface area contributed by atoms with Gasteiger partial charge in [-0.15, -0.1) is 0 Å². The largest absolute Gasteiger partial charge is 0.504 e. The van der Waals surface area contributed by atoms with Gasteiger partial charge in [-0.1, -0.05) is 0 Å². The number of hydrogen-bond acceptors (Lipinski definition) is 5. The van der Waals surface area contributed by atoms with Gasteiger partial charge in [-0.25, -0.2) is 0 Å². The van der Waals surface area contributed by atoms with Gasteiger partial charge < -0.3 is 24.1 Å². The molecule has 90 valence electrons. The molecule has 0 saturated heterocycles. The predicted octanol–water partition coefficient (Wildman–Crippen LogP) is 1.70. The molecule has 0 spiro atoms. The number of hydrogen-bond donors (Lipinski definition) is 1. The predicted molar refractivity (Wildman–Crippen MR) is 58.0 cm³/mol. The highest BCUT2D eigenvalue weighted by Gasteiger charge is 2.22. The fourth-order valence-corrected chi connectivity index (χ4v) is 1.47. The summed E-state index contributed by atoms with van der Waals surface area (Å²) >= 11 is 0. The number of phenolic OH excluding ortho intramolecular Hbond substituents is 1. The lowest BCUT2D eigenvalue weighted by atomic mass is 10.1. The van der Waals surface area contributed by atoms with E-state index < -0.39 is 6.29 Å². The van der Waals surface area contributed by atoms with Crippen LogP contribution in [0, 0.1) is 0 Å². The Morgan fingerprint density at radius 1 is 0.938 bits per heavy atom. The third kappa shape index (κ3) is 2.20. The molecular weight excluding hydrogens is 212 g/mol. The highest BCUT2D eigenvalue weighted by atomic mass is 16.7. The molecule has 1 aromatic rings. The maximum absolute atomic E-state index is 9.97. The zero-order chi connectivity index (χ0) is 12.1. The smallest absolute Gasteiger partial charge is 0.190 e. The Morgan fingerprint density at radius 3 is 1.88 bits per heavy atom. The topological polar surface area (TPSA) is 57.2 Å². The Morgan fingerprint density at radius 2 is 1.44 bits per heavy atom. The van der Waals surface area contributed by atoms with E-state index in [0.29, 0.717) is 17.1 Å². The Bertz CT molecular complexity index is 346. The summed E-state index contributed by atoms with van der Waals surface area (Å²) in [4.78, 5) is 0. The fraction of sp³-hybridized carbons (Fsp3) is 0.455. The van der Waals surface area contributed by atoms with Crippen LogP contribution in [0.1, 0.15) is 11.9 Å². The Balaban J connectivity index is 3.30. The van der Waals surface area contributed by atoms with Gasteiger partial charge in [0.05, 0.1) is 19.8 Å². The summed E-state index contributed by atoms with van der Waals surface area (Å²) in [7, 11) is 5.94. The summed E-state index contributed by atoms with van der Waals surface area (Å²) < 4.78 is 20.3. The third-order valence-electron chi connectivity index (χ3n) is 2.24. The number of methoxy groups -OCH3 is 4. The van der Waals surface area contributed by atoms with Gasteiger partial charge in [-0.3, -0.25) is 0 Å². The summed E-state index contributed by atoms with van der Waals surface area (Å²) in [6.45, 7) is 0. The maximum atomic E-state index is 9.97. The average molecular weight is 228 g/mol. The first-order valence-corrected chi connectivity index (χ1v) is 4.69. The molecule has 0 aliphatic carbocycles. The zero-order valence-corrected chi connectivity index (χ0v) is 9.81. The van der Waals surface area contributed by atoms with E-state index in [4.69, 9.17) is 18.9 Å². The van der Waals surface area contributed by atoms with Crippen molar-refractivity contribution in [2.45, 2.75) is 6.29 Å². The highest BCUT2D eigenvalue weighted by molar-refractivity contribution is 5.53. The van der Waals surface area contributed by atoms with Crippen molar-refractivity contribution in [1.82, 2.24) is 0 Å². The second kappa shape index (κ2) is 5.58. The molecule has 1 rings (SSSR count). The number of ether oxygens (including phenoxy) is 4. The van der Waals surface area contributed by atoms with Crippen molar-refractivity contribution in [3.63, 3.8) is 0 Å². The Hall–Kier alpha value is -1.46. The van der Waals surface area contributed by atoms with Crippen molar-refractivity contribution in [3.8, 4) is 17.2 Å². The highest BCUT2D eigenvalue weighted by Crippen LogP contribution is 2.41. The van der Waals surface area contributed by atoms with Gasteiger partial charge >= 0.3 is 0 Å². The second-order valence-corrected chi connectivity index (χ2v) is 3.04. The first-order chi connectivity index (χ1) is 7.69. The molecule has 0 fully saturated rings. The zero-order valence-electron chi connectivity index (χ0n) is 9.81. The van der Waals surface area contributed by atoms with Crippen LogP contribution in [-0.2, 0) is 9.47 Å². The Kier molecular flexibility index (Phi) is 4.39. The van der Waals surface area contributed by atoms with E-state index in [1.165, 1.54) is 28.4 Å². The minimum absolute atomic E-state index is 0.0458. The van der Waals surface area contributed by atoms with E-state index in [0.717, 1.165) is 0 Å². The molecule has 1 aromatic carbocycles. The van der Waals surface area contributed by atoms with Gasteiger partial charge in [0, 0.05) is 14.2 Å². The molecule has 0 aromatic heterocycles. The molecule has 16 heavy (non-hydrogen) atoms. The molecule has 0 amide bonds. The van der Waals surface area contributed by atoms with Crippen LogP contribution >= 0.6 is 0 Å². The van der Waals surface area contributed by atoms with Gasteiger partial charge in [0.25, 0.3) is 0 Å². The van der Waals surface area contributed by atoms with E-state index in [1.54, 1.807) is 12.1 Å². The molecule has 0 unspecified atom stereocenters. The quantitative estimate of drug-likeness (QED) is 0.777. The summed E-state index contributed by atoms with van der Waals surface area (Å²) in [6, 6.07) is 3.29. The lowest BCUT2D eigenvalue weighted by Gasteiger charge is -2.19. The van der Waals surface area contributed by atoms with Crippen LogP contribution in [0.25, 0.3) is 0 Å². The summed E-state index contributed by atoms with van der Waals surface area (Å²) in [5.74, 6) is 0.775. The standard InChI is InChI=1S/C11H16O5/c1-13-7-5-6-8(14-2)10(12)9(7)11(15-3)16-4/h5-6,11-12H,1-4H3. The number of aromatic hydroxyl groups is 1. The molecule has 1 N–H and O–H groups in total. The molecule has 0 atom stereocenters. The number of phenols is 1. The van der Waals surface area contributed by atoms with Crippen LogP contribution in [0.15, 0.2) is 12.1 Å². The normalized spacial score (nSPS) is 10.6. The second-order valence-electron chi connectivity index (χ2n) is 3.04. The van der Waals surface area contributed by atoms with Crippen LogP contribution < -0.4 is 9.47 Å². The average Bonchev–Trinajstić information content (AvgIpc) is 2.32. The molecule has 0 heterocycles. The summed E-state index contributed by atoms with van der Waals surface area (Å²) in [5, 5.41) is 9.97. The fourth-order valence-electron chi connectivity index (χ4n) is 1.47. The van der Waals surface area contributed by atoms with Crippen molar-refractivity contribution >= 4 is 0 Å².